The van der Waals surface area contributed by atoms with Gasteiger partial charge in [-0.15, -0.1) is 11.3 Å². The maximum atomic E-state index is 9.22. The lowest BCUT2D eigenvalue weighted by Gasteiger charge is -2.41. The molecule has 1 fully saturated rings. The third kappa shape index (κ3) is 1.91. The van der Waals surface area contributed by atoms with Gasteiger partial charge in [0.25, 0.3) is 0 Å². The van der Waals surface area contributed by atoms with Crippen LogP contribution in [0.2, 0.25) is 0 Å². The van der Waals surface area contributed by atoms with Crippen LogP contribution in [0.3, 0.4) is 0 Å². The quantitative estimate of drug-likeness (QED) is 0.735. The molecule has 3 nitrogen and oxygen atoms in total. The minimum Gasteiger partial charge on any atom is -0.359 e. The maximum absolute atomic E-state index is 9.22. The summed E-state index contributed by atoms with van der Waals surface area (Å²) in [6.07, 6.45) is 1.74. The first-order valence-corrected chi connectivity index (χ1v) is 5.74. The van der Waals surface area contributed by atoms with E-state index in [0.717, 1.165) is 17.7 Å². The number of hydrogen-bond donors (Lipinski definition) is 0. The van der Waals surface area contributed by atoms with Gasteiger partial charge in [-0.05, 0) is 24.3 Å². The molecule has 80 valence electrons. The van der Waals surface area contributed by atoms with Crippen LogP contribution in [0.1, 0.15) is 17.7 Å². The molecule has 1 aromatic rings. The lowest BCUT2D eigenvalue weighted by molar-refractivity contribution is -0.112. The monoisotopic (exact) mass is 223 g/mol. The zero-order chi connectivity index (χ0) is 10.7. The molecule has 0 aliphatic heterocycles. The van der Waals surface area contributed by atoms with Gasteiger partial charge in [-0.3, -0.25) is 0 Å². The van der Waals surface area contributed by atoms with Gasteiger partial charge in [0, 0.05) is 12.0 Å². The predicted octanol–water partition coefficient (Wildman–Crippen LogP) is 2.29. The Hall–Kier alpha value is -0.890. The zero-order valence-corrected chi connectivity index (χ0v) is 9.42. The Labute approximate surface area is 93.2 Å². The summed E-state index contributed by atoms with van der Waals surface area (Å²) in [5, 5.41) is 11.2. The third-order valence-electron chi connectivity index (χ3n) is 2.78. The van der Waals surface area contributed by atoms with Gasteiger partial charge < -0.3 is 9.47 Å². The van der Waals surface area contributed by atoms with Crippen molar-refractivity contribution in [2.45, 2.75) is 24.4 Å². The van der Waals surface area contributed by atoms with Crippen LogP contribution < -0.4 is 0 Å². The molecule has 0 bridgehead atoms. The summed E-state index contributed by atoms with van der Waals surface area (Å²) in [6.45, 7) is 0.316. The van der Waals surface area contributed by atoms with Crippen molar-refractivity contribution < 1.29 is 9.47 Å². The van der Waals surface area contributed by atoms with E-state index in [2.05, 4.69) is 6.07 Å². The van der Waals surface area contributed by atoms with Gasteiger partial charge in [-0.2, -0.15) is 5.26 Å². The lowest BCUT2D eigenvalue weighted by Crippen LogP contribution is -2.44. The third-order valence-corrected chi connectivity index (χ3v) is 3.85. The topological polar surface area (TPSA) is 42.2 Å². The molecule has 2 rings (SSSR count). The Bertz CT molecular complexity index is 349. The van der Waals surface area contributed by atoms with Crippen molar-refractivity contribution in [1.29, 1.82) is 5.26 Å². The first kappa shape index (κ1) is 10.6. The van der Waals surface area contributed by atoms with Crippen molar-refractivity contribution in [3.63, 3.8) is 0 Å². The van der Waals surface area contributed by atoms with Gasteiger partial charge in [0.15, 0.2) is 0 Å². The largest absolute Gasteiger partial charge is 0.359 e. The first-order chi connectivity index (χ1) is 7.30. The average molecular weight is 223 g/mol. The van der Waals surface area contributed by atoms with Crippen LogP contribution in [0.25, 0.3) is 0 Å². The Kier molecular flexibility index (Phi) is 3.06. The van der Waals surface area contributed by atoms with Crippen LogP contribution in [-0.4, -0.2) is 20.0 Å². The van der Waals surface area contributed by atoms with Crippen LogP contribution in [0.4, 0.5) is 0 Å². The summed E-state index contributed by atoms with van der Waals surface area (Å²) >= 11 is 1.65. The minimum absolute atomic E-state index is 0.173. The highest BCUT2D eigenvalue weighted by atomic mass is 32.1. The average Bonchev–Trinajstić information content (AvgIpc) is 2.70. The lowest BCUT2D eigenvalue weighted by atomic mass is 9.67. The van der Waals surface area contributed by atoms with Crippen molar-refractivity contribution in [1.82, 2.24) is 0 Å². The summed E-state index contributed by atoms with van der Waals surface area (Å²) in [6, 6.07) is 6.43. The van der Waals surface area contributed by atoms with Gasteiger partial charge in [-0.25, -0.2) is 0 Å². The minimum atomic E-state index is -0.299. The highest BCUT2D eigenvalue weighted by Gasteiger charge is 2.47. The van der Waals surface area contributed by atoms with Crippen LogP contribution >= 0.6 is 11.3 Å². The molecule has 1 heterocycles. The highest BCUT2D eigenvalue weighted by molar-refractivity contribution is 7.10. The predicted molar refractivity (Wildman–Crippen MR) is 57.6 cm³/mol. The second kappa shape index (κ2) is 4.31. The Morgan fingerprint density at radius 3 is 3.00 bits per heavy atom. The van der Waals surface area contributed by atoms with E-state index < -0.39 is 0 Å². The van der Waals surface area contributed by atoms with Gasteiger partial charge in [0.1, 0.15) is 6.79 Å². The number of nitriles is 1. The fourth-order valence-electron chi connectivity index (χ4n) is 1.90. The summed E-state index contributed by atoms with van der Waals surface area (Å²) in [4.78, 5) is 1.15. The second-order valence-corrected chi connectivity index (χ2v) is 4.72. The standard InChI is InChI=1S/C11H13NO2S/c1-13-8-14-9-5-11(6-9,7-12)10-3-2-4-15-10/h2-4,9H,5-6,8H2,1H3. The SMILES string of the molecule is COCOC1CC(C#N)(c2cccs2)C1. The molecule has 0 radical (unpaired) electrons. The van der Waals surface area contributed by atoms with Crippen molar-refractivity contribution in [3.05, 3.63) is 22.4 Å². The molecule has 0 aromatic carbocycles. The van der Waals surface area contributed by atoms with E-state index in [1.165, 1.54) is 0 Å². The van der Waals surface area contributed by atoms with Crippen LogP contribution in [-0.2, 0) is 14.9 Å². The van der Waals surface area contributed by atoms with Gasteiger partial charge in [0.2, 0.25) is 0 Å². The number of ether oxygens (including phenoxy) is 2. The van der Waals surface area contributed by atoms with Gasteiger partial charge in [-0.1, -0.05) is 6.07 Å². The number of hydrogen-bond acceptors (Lipinski definition) is 4. The van der Waals surface area contributed by atoms with Crippen LogP contribution in [0, 0.1) is 11.3 Å². The summed E-state index contributed by atoms with van der Waals surface area (Å²) in [5.41, 5.74) is -0.299. The molecule has 0 amide bonds. The molecule has 0 saturated heterocycles. The Balaban J connectivity index is 1.96. The van der Waals surface area contributed by atoms with E-state index in [-0.39, 0.29) is 11.5 Å². The molecular weight excluding hydrogens is 210 g/mol. The van der Waals surface area contributed by atoms with Gasteiger partial charge >= 0.3 is 0 Å². The molecule has 0 unspecified atom stereocenters. The Morgan fingerprint density at radius 2 is 2.47 bits per heavy atom. The molecule has 0 N–H and O–H groups in total. The number of thiophene rings is 1. The van der Waals surface area contributed by atoms with Crippen LogP contribution in [0.5, 0.6) is 0 Å². The molecular formula is C11H13NO2S. The highest BCUT2D eigenvalue weighted by Crippen LogP contribution is 2.46. The fourth-order valence-corrected chi connectivity index (χ4v) is 2.80. The fraction of sp³-hybridized carbons (Fsp3) is 0.545. The molecule has 0 spiro atoms. The molecule has 1 aliphatic rings. The van der Waals surface area contributed by atoms with E-state index in [1.807, 2.05) is 17.5 Å². The van der Waals surface area contributed by atoms with Crippen molar-refractivity contribution in [2.75, 3.05) is 13.9 Å². The molecule has 0 atom stereocenters. The number of nitrogens with zero attached hydrogens (tertiary/aromatic N) is 1. The second-order valence-electron chi connectivity index (χ2n) is 3.77. The first-order valence-electron chi connectivity index (χ1n) is 4.86. The summed E-state index contributed by atoms with van der Waals surface area (Å²) in [7, 11) is 1.61. The van der Waals surface area contributed by atoms with E-state index >= 15 is 0 Å². The van der Waals surface area contributed by atoms with E-state index in [9.17, 15) is 5.26 Å². The maximum Gasteiger partial charge on any atom is 0.146 e. The molecule has 4 heteroatoms. The molecule has 1 aliphatic carbocycles. The van der Waals surface area contributed by atoms with Gasteiger partial charge in [0.05, 0.1) is 17.6 Å². The Morgan fingerprint density at radius 1 is 1.67 bits per heavy atom. The van der Waals surface area contributed by atoms with Crippen molar-refractivity contribution in [3.8, 4) is 6.07 Å². The normalized spacial score (nSPS) is 29.5. The molecule has 15 heavy (non-hydrogen) atoms. The van der Waals surface area contributed by atoms with E-state index in [4.69, 9.17) is 9.47 Å². The smallest absolute Gasteiger partial charge is 0.146 e. The van der Waals surface area contributed by atoms with Crippen molar-refractivity contribution in [2.24, 2.45) is 0 Å². The molecule has 1 aromatic heterocycles. The summed E-state index contributed by atoms with van der Waals surface area (Å²) < 4.78 is 10.3. The zero-order valence-electron chi connectivity index (χ0n) is 8.60. The van der Waals surface area contributed by atoms with Crippen LogP contribution in [0.15, 0.2) is 17.5 Å². The van der Waals surface area contributed by atoms with E-state index in [0.29, 0.717) is 6.79 Å². The summed E-state index contributed by atoms with van der Waals surface area (Å²) in [5.74, 6) is 0. The van der Waals surface area contributed by atoms with E-state index in [1.54, 1.807) is 18.4 Å². The number of rotatable bonds is 4. The molecule has 1 saturated carbocycles. The van der Waals surface area contributed by atoms with Crippen molar-refractivity contribution >= 4 is 11.3 Å². The number of methoxy groups -OCH3 is 1.